The predicted octanol–water partition coefficient (Wildman–Crippen LogP) is 3.29. The van der Waals surface area contributed by atoms with Gasteiger partial charge >= 0.3 is 0 Å². The van der Waals surface area contributed by atoms with E-state index in [2.05, 4.69) is 61.8 Å². The summed E-state index contributed by atoms with van der Waals surface area (Å²) in [5.74, 6) is 2.42. The van der Waals surface area contributed by atoms with Crippen molar-refractivity contribution < 1.29 is 0 Å². The topological polar surface area (TPSA) is 50.7 Å². The Labute approximate surface area is 111 Å². The fraction of sp³-hybridized carbons (Fsp3) is 0.786. The molecular weight excluding hydrogens is 224 g/mol. The molecule has 0 saturated carbocycles. The minimum atomic E-state index is -0.0638. The van der Waals surface area contributed by atoms with E-state index in [1.165, 1.54) is 0 Å². The van der Waals surface area contributed by atoms with Gasteiger partial charge in [-0.3, -0.25) is 0 Å². The standard InChI is InChI=1S/C14H26N4/c1-8-14(6,7)11-16-10(13(3,4)5)17-12(18-11)15-9-2/h8-9H2,1-7H3,(H,15,16,17,18). The molecule has 0 aliphatic rings. The van der Waals surface area contributed by atoms with Gasteiger partial charge in [0.25, 0.3) is 0 Å². The average Bonchev–Trinajstić information content (AvgIpc) is 2.28. The third-order valence-corrected chi connectivity index (χ3v) is 3.13. The summed E-state index contributed by atoms with van der Waals surface area (Å²) in [6.45, 7) is 15.7. The third-order valence-electron chi connectivity index (χ3n) is 3.13. The number of rotatable bonds is 4. The monoisotopic (exact) mass is 250 g/mol. The average molecular weight is 250 g/mol. The molecule has 0 fully saturated rings. The SMILES string of the molecule is CCNc1nc(C(C)(C)C)nc(C(C)(C)CC)n1. The lowest BCUT2D eigenvalue weighted by molar-refractivity contribution is 0.453. The lowest BCUT2D eigenvalue weighted by Crippen LogP contribution is -2.26. The van der Waals surface area contributed by atoms with E-state index in [9.17, 15) is 0 Å². The molecule has 1 heterocycles. The van der Waals surface area contributed by atoms with E-state index in [0.29, 0.717) is 5.95 Å². The van der Waals surface area contributed by atoms with Crippen LogP contribution in [0.5, 0.6) is 0 Å². The third kappa shape index (κ3) is 3.40. The second kappa shape index (κ2) is 5.21. The number of nitrogens with zero attached hydrogens (tertiary/aromatic N) is 3. The predicted molar refractivity (Wildman–Crippen MR) is 76.0 cm³/mol. The molecular formula is C14H26N4. The van der Waals surface area contributed by atoms with E-state index in [1.54, 1.807) is 0 Å². The van der Waals surface area contributed by atoms with E-state index in [-0.39, 0.29) is 10.8 Å². The molecule has 0 spiro atoms. The molecule has 0 atom stereocenters. The molecule has 1 rings (SSSR count). The van der Waals surface area contributed by atoms with Gasteiger partial charge in [-0.2, -0.15) is 9.97 Å². The Hall–Kier alpha value is -1.19. The van der Waals surface area contributed by atoms with Crippen LogP contribution < -0.4 is 5.32 Å². The highest BCUT2D eigenvalue weighted by Gasteiger charge is 2.26. The minimum absolute atomic E-state index is 0.0207. The summed E-state index contributed by atoms with van der Waals surface area (Å²) < 4.78 is 0. The van der Waals surface area contributed by atoms with Crippen LogP contribution in [0.4, 0.5) is 5.95 Å². The molecule has 1 N–H and O–H groups in total. The first kappa shape index (κ1) is 14.9. The van der Waals surface area contributed by atoms with Crippen molar-refractivity contribution in [3.8, 4) is 0 Å². The fourth-order valence-corrected chi connectivity index (χ4v) is 1.41. The van der Waals surface area contributed by atoms with Gasteiger partial charge in [-0.25, -0.2) is 4.98 Å². The Kier molecular flexibility index (Phi) is 4.30. The lowest BCUT2D eigenvalue weighted by atomic mass is 9.88. The van der Waals surface area contributed by atoms with Crippen molar-refractivity contribution in [2.24, 2.45) is 0 Å². The maximum Gasteiger partial charge on any atom is 0.226 e. The first-order valence-corrected chi connectivity index (χ1v) is 6.71. The van der Waals surface area contributed by atoms with Crippen LogP contribution in [-0.2, 0) is 10.8 Å². The molecule has 1 aromatic rings. The van der Waals surface area contributed by atoms with Crippen molar-refractivity contribution >= 4 is 5.95 Å². The molecule has 0 amide bonds. The zero-order chi connectivity index (χ0) is 14.0. The van der Waals surface area contributed by atoms with E-state index in [1.807, 2.05) is 6.92 Å². The summed E-state index contributed by atoms with van der Waals surface area (Å²) >= 11 is 0. The first-order chi connectivity index (χ1) is 8.20. The summed E-state index contributed by atoms with van der Waals surface area (Å²) in [6, 6.07) is 0. The number of aromatic nitrogens is 3. The lowest BCUT2D eigenvalue weighted by Gasteiger charge is -2.24. The van der Waals surface area contributed by atoms with Gasteiger partial charge in [0.05, 0.1) is 0 Å². The summed E-state index contributed by atoms with van der Waals surface area (Å²) in [6.07, 6.45) is 1.01. The van der Waals surface area contributed by atoms with Crippen molar-refractivity contribution in [3.63, 3.8) is 0 Å². The first-order valence-electron chi connectivity index (χ1n) is 6.71. The van der Waals surface area contributed by atoms with Gasteiger partial charge in [0.15, 0.2) is 0 Å². The van der Waals surface area contributed by atoms with Crippen LogP contribution in [0.2, 0.25) is 0 Å². The summed E-state index contributed by atoms with van der Waals surface area (Å²) in [7, 11) is 0. The van der Waals surface area contributed by atoms with Crippen LogP contribution in [0.25, 0.3) is 0 Å². The van der Waals surface area contributed by atoms with Crippen LogP contribution in [-0.4, -0.2) is 21.5 Å². The largest absolute Gasteiger partial charge is 0.354 e. The van der Waals surface area contributed by atoms with Crippen LogP contribution >= 0.6 is 0 Å². The summed E-state index contributed by atoms with van der Waals surface area (Å²) in [4.78, 5) is 13.7. The van der Waals surface area contributed by atoms with Crippen molar-refractivity contribution in [1.82, 2.24) is 15.0 Å². The van der Waals surface area contributed by atoms with E-state index in [4.69, 9.17) is 0 Å². The van der Waals surface area contributed by atoms with Crippen LogP contribution in [0, 0.1) is 0 Å². The summed E-state index contributed by atoms with van der Waals surface area (Å²) in [5, 5.41) is 3.19. The van der Waals surface area contributed by atoms with Crippen molar-refractivity contribution in [1.29, 1.82) is 0 Å². The molecule has 0 radical (unpaired) electrons. The highest BCUT2D eigenvalue weighted by molar-refractivity contribution is 5.27. The highest BCUT2D eigenvalue weighted by atomic mass is 15.2. The zero-order valence-electron chi connectivity index (χ0n) is 12.8. The second-order valence-corrected chi connectivity index (χ2v) is 6.32. The number of hydrogen-bond donors (Lipinski definition) is 1. The second-order valence-electron chi connectivity index (χ2n) is 6.32. The van der Waals surface area contributed by atoms with Gasteiger partial charge in [0.2, 0.25) is 5.95 Å². The minimum Gasteiger partial charge on any atom is -0.354 e. The fourth-order valence-electron chi connectivity index (χ4n) is 1.41. The van der Waals surface area contributed by atoms with Gasteiger partial charge in [-0.05, 0) is 13.3 Å². The smallest absolute Gasteiger partial charge is 0.226 e. The van der Waals surface area contributed by atoms with Crippen LogP contribution in [0.1, 0.15) is 66.5 Å². The molecule has 18 heavy (non-hydrogen) atoms. The number of nitrogens with one attached hydrogen (secondary N) is 1. The van der Waals surface area contributed by atoms with Crippen molar-refractivity contribution in [2.75, 3.05) is 11.9 Å². The Morgan fingerprint density at radius 1 is 0.889 bits per heavy atom. The maximum absolute atomic E-state index is 4.67. The number of anilines is 1. The molecule has 4 nitrogen and oxygen atoms in total. The van der Waals surface area contributed by atoms with Gasteiger partial charge < -0.3 is 5.32 Å². The normalized spacial score (nSPS) is 12.6. The molecule has 0 unspecified atom stereocenters. The van der Waals surface area contributed by atoms with Crippen LogP contribution in [0.3, 0.4) is 0 Å². The van der Waals surface area contributed by atoms with Gasteiger partial charge in [0, 0.05) is 17.4 Å². The molecule has 0 aliphatic heterocycles. The van der Waals surface area contributed by atoms with E-state index in [0.717, 1.165) is 24.6 Å². The molecule has 4 heteroatoms. The van der Waals surface area contributed by atoms with Crippen LogP contribution in [0.15, 0.2) is 0 Å². The summed E-state index contributed by atoms with van der Waals surface area (Å²) in [5.41, 5.74) is -0.0845. The Bertz CT molecular complexity index is 405. The molecule has 102 valence electrons. The van der Waals surface area contributed by atoms with E-state index >= 15 is 0 Å². The molecule has 0 aromatic carbocycles. The Balaban J connectivity index is 3.31. The van der Waals surface area contributed by atoms with Gasteiger partial charge in [-0.1, -0.05) is 41.5 Å². The molecule has 0 bridgehead atoms. The Morgan fingerprint density at radius 2 is 1.44 bits per heavy atom. The maximum atomic E-state index is 4.67. The zero-order valence-corrected chi connectivity index (χ0v) is 12.8. The molecule has 1 aromatic heterocycles. The Morgan fingerprint density at radius 3 is 1.89 bits per heavy atom. The molecule has 0 aliphatic carbocycles. The van der Waals surface area contributed by atoms with Gasteiger partial charge in [0.1, 0.15) is 11.6 Å². The van der Waals surface area contributed by atoms with Crippen molar-refractivity contribution in [3.05, 3.63) is 11.6 Å². The number of hydrogen-bond acceptors (Lipinski definition) is 4. The molecule has 0 saturated heterocycles. The highest BCUT2D eigenvalue weighted by Crippen LogP contribution is 2.26. The van der Waals surface area contributed by atoms with Gasteiger partial charge in [-0.15, -0.1) is 0 Å². The van der Waals surface area contributed by atoms with E-state index < -0.39 is 0 Å². The van der Waals surface area contributed by atoms with Crippen molar-refractivity contribution in [2.45, 2.75) is 65.7 Å². The quantitative estimate of drug-likeness (QED) is 0.891.